The second-order valence-electron chi connectivity index (χ2n) is 5.87. The van der Waals surface area contributed by atoms with Gasteiger partial charge in [-0.1, -0.05) is 42.5 Å². The van der Waals surface area contributed by atoms with E-state index in [4.69, 9.17) is 9.47 Å². The van der Waals surface area contributed by atoms with Gasteiger partial charge in [0.05, 0.1) is 25.3 Å². The van der Waals surface area contributed by atoms with Crippen LogP contribution in [0.15, 0.2) is 48.5 Å². The number of aromatic nitrogens is 2. The van der Waals surface area contributed by atoms with Gasteiger partial charge in [-0.05, 0) is 24.1 Å². The number of para-hydroxylation sites is 1. The Morgan fingerprint density at radius 2 is 1.88 bits per heavy atom. The zero-order valence-corrected chi connectivity index (χ0v) is 14.8. The fraction of sp³-hybridized carbons (Fsp3) is 0.300. The highest BCUT2D eigenvalue weighted by molar-refractivity contribution is 6.04. The van der Waals surface area contributed by atoms with Gasteiger partial charge in [0.15, 0.2) is 5.69 Å². The number of carbonyl (C=O) groups excluding carboxylic acids is 1. The van der Waals surface area contributed by atoms with Gasteiger partial charge in [0, 0.05) is 18.5 Å². The summed E-state index contributed by atoms with van der Waals surface area (Å²) in [6, 6.07) is 15.6. The molecule has 0 aliphatic heterocycles. The van der Waals surface area contributed by atoms with Crippen LogP contribution in [-0.2, 0) is 22.6 Å². The van der Waals surface area contributed by atoms with Crippen LogP contribution in [0.1, 0.15) is 28.5 Å². The molecule has 0 aliphatic carbocycles. The molecule has 3 rings (SSSR count). The molecule has 2 aromatic carbocycles. The van der Waals surface area contributed by atoms with Crippen LogP contribution in [0, 0.1) is 0 Å². The van der Waals surface area contributed by atoms with Crippen molar-refractivity contribution >= 4 is 16.8 Å². The van der Waals surface area contributed by atoms with Crippen molar-refractivity contribution in [2.45, 2.75) is 20.1 Å². The third-order valence-corrected chi connectivity index (χ3v) is 3.97. The summed E-state index contributed by atoms with van der Waals surface area (Å²) in [7, 11) is 0. The maximum atomic E-state index is 12.4. The van der Waals surface area contributed by atoms with Crippen LogP contribution in [0.3, 0.4) is 0 Å². The van der Waals surface area contributed by atoms with E-state index in [0.717, 1.165) is 22.0 Å². The highest BCUT2D eigenvalue weighted by atomic mass is 16.5. The van der Waals surface area contributed by atoms with Gasteiger partial charge in [-0.25, -0.2) is 0 Å². The Bertz CT molecular complexity index is 860. The summed E-state index contributed by atoms with van der Waals surface area (Å²) < 4.78 is 10.8. The molecule has 0 atom stereocenters. The third-order valence-electron chi connectivity index (χ3n) is 3.97. The number of ether oxygens (including phenoxy) is 2. The van der Waals surface area contributed by atoms with Crippen LogP contribution in [-0.4, -0.2) is 35.9 Å². The molecule has 1 heterocycles. The summed E-state index contributed by atoms with van der Waals surface area (Å²) in [5, 5.41) is 10.7. The van der Waals surface area contributed by atoms with Crippen molar-refractivity contribution in [3.63, 3.8) is 0 Å². The van der Waals surface area contributed by atoms with Crippen LogP contribution in [0.25, 0.3) is 10.9 Å². The van der Waals surface area contributed by atoms with Crippen LogP contribution in [0.2, 0.25) is 0 Å². The van der Waals surface area contributed by atoms with Crippen LogP contribution < -0.4 is 5.32 Å². The summed E-state index contributed by atoms with van der Waals surface area (Å²) >= 11 is 0. The number of amides is 1. The monoisotopic (exact) mass is 353 g/mol. The van der Waals surface area contributed by atoms with Gasteiger partial charge < -0.3 is 14.8 Å². The van der Waals surface area contributed by atoms with Gasteiger partial charge in [-0.15, -0.1) is 0 Å². The lowest BCUT2D eigenvalue weighted by Gasteiger charge is -2.08. The third kappa shape index (κ3) is 4.68. The van der Waals surface area contributed by atoms with E-state index in [9.17, 15) is 4.79 Å². The summed E-state index contributed by atoms with van der Waals surface area (Å²) in [4.78, 5) is 12.4. The lowest BCUT2D eigenvalue weighted by molar-refractivity contribution is 0.0453. The van der Waals surface area contributed by atoms with Gasteiger partial charge >= 0.3 is 0 Å². The predicted molar refractivity (Wildman–Crippen MR) is 99.9 cm³/mol. The van der Waals surface area contributed by atoms with Crippen LogP contribution in [0.4, 0.5) is 0 Å². The minimum atomic E-state index is -0.194. The van der Waals surface area contributed by atoms with E-state index < -0.39 is 0 Å². The number of hydrogen-bond acceptors (Lipinski definition) is 4. The van der Waals surface area contributed by atoms with Crippen molar-refractivity contribution in [1.82, 2.24) is 15.5 Å². The Morgan fingerprint density at radius 3 is 2.77 bits per heavy atom. The summed E-state index contributed by atoms with van der Waals surface area (Å²) in [5.41, 5.74) is 3.35. The molecular formula is C20H23N3O3. The van der Waals surface area contributed by atoms with E-state index in [1.54, 1.807) is 0 Å². The Kier molecular flexibility index (Phi) is 6.35. The van der Waals surface area contributed by atoms with Gasteiger partial charge in [0.25, 0.3) is 5.91 Å². The van der Waals surface area contributed by atoms with Crippen molar-refractivity contribution in [1.29, 1.82) is 0 Å². The minimum Gasteiger partial charge on any atom is -0.379 e. The summed E-state index contributed by atoms with van der Waals surface area (Å²) in [6.07, 6.45) is 0. The Hall–Kier alpha value is -2.70. The number of nitrogens with zero attached hydrogens (tertiary/aromatic N) is 1. The lowest BCUT2D eigenvalue weighted by Crippen LogP contribution is -2.23. The normalized spacial score (nSPS) is 11.0. The quantitative estimate of drug-likeness (QED) is 0.580. The first-order valence-electron chi connectivity index (χ1n) is 8.72. The maximum Gasteiger partial charge on any atom is 0.272 e. The number of aromatic amines is 1. The van der Waals surface area contributed by atoms with E-state index in [0.29, 0.717) is 38.7 Å². The largest absolute Gasteiger partial charge is 0.379 e. The van der Waals surface area contributed by atoms with Crippen molar-refractivity contribution < 1.29 is 14.3 Å². The molecule has 0 bridgehead atoms. The number of benzene rings is 2. The summed E-state index contributed by atoms with van der Waals surface area (Å²) in [5.74, 6) is -0.194. The molecule has 0 aliphatic rings. The zero-order valence-electron chi connectivity index (χ0n) is 14.8. The van der Waals surface area contributed by atoms with Crippen LogP contribution >= 0.6 is 0 Å². The Labute approximate surface area is 152 Å². The topological polar surface area (TPSA) is 76.2 Å². The molecule has 2 N–H and O–H groups in total. The molecule has 0 radical (unpaired) electrons. The Balaban J connectivity index is 1.54. The van der Waals surface area contributed by atoms with Crippen LogP contribution in [0.5, 0.6) is 0 Å². The van der Waals surface area contributed by atoms with Crippen molar-refractivity contribution in [3.8, 4) is 0 Å². The molecule has 0 saturated heterocycles. The molecule has 6 nitrogen and oxygen atoms in total. The number of rotatable bonds is 9. The first-order chi connectivity index (χ1) is 12.8. The molecular weight excluding hydrogens is 330 g/mol. The molecule has 0 fully saturated rings. The number of fused-ring (bicyclic) bond motifs is 1. The van der Waals surface area contributed by atoms with E-state index >= 15 is 0 Å². The zero-order chi connectivity index (χ0) is 18.2. The SMILES string of the molecule is CCOCCOCc1cccc(CNC(=O)c2n[nH]c3ccccc23)c1. The van der Waals surface area contributed by atoms with Gasteiger partial charge in [-0.2, -0.15) is 5.10 Å². The second kappa shape index (κ2) is 9.12. The molecule has 26 heavy (non-hydrogen) atoms. The average molecular weight is 353 g/mol. The van der Waals surface area contributed by atoms with E-state index in [1.165, 1.54) is 0 Å². The second-order valence-corrected chi connectivity index (χ2v) is 5.87. The first-order valence-corrected chi connectivity index (χ1v) is 8.72. The average Bonchev–Trinajstić information content (AvgIpc) is 3.10. The summed E-state index contributed by atoms with van der Waals surface area (Å²) in [6.45, 7) is 4.80. The van der Waals surface area contributed by atoms with Gasteiger partial charge in [0.2, 0.25) is 0 Å². The van der Waals surface area contributed by atoms with Crippen molar-refractivity contribution in [3.05, 3.63) is 65.4 Å². The molecule has 0 spiro atoms. The highest BCUT2D eigenvalue weighted by Crippen LogP contribution is 2.15. The molecule has 0 unspecified atom stereocenters. The fourth-order valence-corrected chi connectivity index (χ4v) is 2.68. The Morgan fingerprint density at radius 1 is 1.08 bits per heavy atom. The van der Waals surface area contributed by atoms with Gasteiger partial charge in [-0.3, -0.25) is 9.89 Å². The van der Waals surface area contributed by atoms with E-state index in [2.05, 4.69) is 15.5 Å². The number of hydrogen-bond donors (Lipinski definition) is 2. The molecule has 1 amide bonds. The molecule has 6 heteroatoms. The first kappa shape index (κ1) is 18.1. The van der Waals surface area contributed by atoms with Gasteiger partial charge in [0.1, 0.15) is 0 Å². The number of carbonyl (C=O) groups is 1. The fourth-order valence-electron chi connectivity index (χ4n) is 2.68. The van der Waals surface area contributed by atoms with Crippen molar-refractivity contribution in [2.24, 2.45) is 0 Å². The van der Waals surface area contributed by atoms with E-state index in [-0.39, 0.29) is 5.91 Å². The molecule has 0 saturated carbocycles. The predicted octanol–water partition coefficient (Wildman–Crippen LogP) is 3.05. The molecule has 3 aromatic rings. The lowest BCUT2D eigenvalue weighted by atomic mass is 10.1. The standard InChI is InChI=1S/C20H23N3O3/c1-2-25-10-11-26-14-16-7-5-6-15(12-16)13-21-20(24)19-17-8-3-4-9-18(17)22-23-19/h3-9,12H,2,10-11,13-14H2,1H3,(H,21,24)(H,22,23). The number of nitrogens with one attached hydrogen (secondary N) is 2. The minimum absolute atomic E-state index is 0.194. The highest BCUT2D eigenvalue weighted by Gasteiger charge is 2.13. The molecule has 136 valence electrons. The van der Waals surface area contributed by atoms with E-state index in [1.807, 2.05) is 55.5 Å². The smallest absolute Gasteiger partial charge is 0.272 e. The van der Waals surface area contributed by atoms with Crippen molar-refractivity contribution in [2.75, 3.05) is 19.8 Å². The number of H-pyrrole nitrogens is 1. The molecule has 1 aromatic heterocycles. The maximum absolute atomic E-state index is 12.4.